The van der Waals surface area contributed by atoms with Crippen molar-refractivity contribution in [2.75, 3.05) is 6.16 Å². The van der Waals surface area contributed by atoms with E-state index in [-0.39, 0.29) is 0 Å². The summed E-state index contributed by atoms with van der Waals surface area (Å²) in [7, 11) is 1.07. The lowest BCUT2D eigenvalue weighted by atomic mass is 10.4. The Morgan fingerprint density at radius 1 is 1.33 bits per heavy atom. The number of hydrogen-bond donors (Lipinski definition) is 0. The van der Waals surface area contributed by atoms with Crippen molar-refractivity contribution in [3.63, 3.8) is 0 Å². The van der Waals surface area contributed by atoms with Crippen LogP contribution in [0.2, 0.25) is 0 Å². The molecule has 0 aromatic carbocycles. The molecule has 1 unspecified atom stereocenters. The average Bonchev–Trinajstić information content (AvgIpc) is 1.89. The average molecular weight is 144 g/mol. The van der Waals surface area contributed by atoms with Gasteiger partial charge >= 0.3 is 0 Å². The van der Waals surface area contributed by atoms with Gasteiger partial charge in [-0.15, -0.1) is 0 Å². The van der Waals surface area contributed by atoms with Gasteiger partial charge in [-0.25, -0.2) is 0 Å². The molecule has 0 saturated carbocycles. The van der Waals surface area contributed by atoms with Crippen LogP contribution in [0.3, 0.4) is 0 Å². The molecule has 0 aliphatic heterocycles. The van der Waals surface area contributed by atoms with Gasteiger partial charge in [0.1, 0.15) is 0 Å². The third kappa shape index (κ3) is 8.17. The van der Waals surface area contributed by atoms with Crippen LogP contribution in [-0.2, 0) is 0 Å². The van der Waals surface area contributed by atoms with E-state index in [4.69, 9.17) is 0 Å². The van der Waals surface area contributed by atoms with E-state index in [1.165, 1.54) is 25.4 Å². The zero-order valence-corrected chi connectivity index (χ0v) is 7.48. The Hall–Kier alpha value is 0.170. The molecule has 0 bridgehead atoms. The van der Waals surface area contributed by atoms with E-state index in [0.717, 1.165) is 8.58 Å². The Balaban J connectivity index is 2.82. The fourth-order valence-corrected chi connectivity index (χ4v) is 1.69. The minimum atomic E-state index is 1.07. The van der Waals surface area contributed by atoms with Crippen LogP contribution in [0.25, 0.3) is 0 Å². The van der Waals surface area contributed by atoms with Crippen LogP contribution in [0.15, 0.2) is 11.9 Å². The van der Waals surface area contributed by atoms with Crippen molar-refractivity contribution in [1.82, 2.24) is 0 Å². The zero-order chi connectivity index (χ0) is 6.95. The van der Waals surface area contributed by atoms with Gasteiger partial charge in [-0.2, -0.15) is 0 Å². The first-order valence-corrected chi connectivity index (χ1v) is 5.08. The van der Waals surface area contributed by atoms with Gasteiger partial charge in [-0.3, -0.25) is 0 Å². The Morgan fingerprint density at radius 2 is 2.11 bits per heavy atom. The maximum atomic E-state index is 2.32. The lowest BCUT2D eigenvalue weighted by molar-refractivity contribution is 0.895. The third-order valence-electron chi connectivity index (χ3n) is 1.15. The monoisotopic (exact) mass is 144 g/mol. The van der Waals surface area contributed by atoms with Gasteiger partial charge in [0.25, 0.3) is 0 Å². The molecule has 0 saturated heterocycles. The summed E-state index contributed by atoms with van der Waals surface area (Å²) in [5.74, 6) is 2.32. The summed E-state index contributed by atoms with van der Waals surface area (Å²) < 4.78 is 0. The van der Waals surface area contributed by atoms with Gasteiger partial charge in [-0.05, 0) is 19.0 Å². The molecule has 0 heterocycles. The highest BCUT2D eigenvalue weighted by atomic mass is 31.1. The second kappa shape index (κ2) is 8.17. The van der Waals surface area contributed by atoms with Crippen LogP contribution in [0.5, 0.6) is 0 Å². The standard InChI is InChI=1S/C8H17P/c1-3-5-7-9-8-6-4-2/h5,7,9H,3-4,6,8H2,1-2H3/b7-5+. The van der Waals surface area contributed by atoms with Gasteiger partial charge in [0.15, 0.2) is 0 Å². The van der Waals surface area contributed by atoms with Crippen molar-refractivity contribution in [2.45, 2.75) is 33.1 Å². The molecule has 1 heteroatoms. The molecule has 0 radical (unpaired) electrons. The van der Waals surface area contributed by atoms with Crippen LogP contribution in [0.1, 0.15) is 33.1 Å². The van der Waals surface area contributed by atoms with E-state index in [1.54, 1.807) is 0 Å². The highest BCUT2D eigenvalue weighted by Gasteiger charge is 1.78. The molecular formula is C8H17P. The van der Waals surface area contributed by atoms with E-state index >= 15 is 0 Å². The quantitative estimate of drug-likeness (QED) is 0.410. The predicted molar refractivity (Wildman–Crippen MR) is 47.5 cm³/mol. The maximum Gasteiger partial charge on any atom is -0.0319 e. The highest BCUT2D eigenvalue weighted by Crippen LogP contribution is 2.13. The van der Waals surface area contributed by atoms with Gasteiger partial charge in [0, 0.05) is 0 Å². The summed E-state index contributed by atoms with van der Waals surface area (Å²) in [6, 6.07) is 0. The van der Waals surface area contributed by atoms with Gasteiger partial charge in [0.05, 0.1) is 0 Å². The number of hydrogen-bond acceptors (Lipinski definition) is 0. The largest absolute Gasteiger partial charge is 0.0987 e. The molecule has 0 amide bonds. The number of unbranched alkanes of at least 4 members (excludes halogenated alkanes) is 1. The molecule has 1 atom stereocenters. The second-order valence-corrected chi connectivity index (χ2v) is 3.36. The van der Waals surface area contributed by atoms with Crippen molar-refractivity contribution in [3.05, 3.63) is 11.9 Å². The first kappa shape index (κ1) is 9.17. The molecule has 0 aliphatic carbocycles. The highest BCUT2D eigenvalue weighted by molar-refractivity contribution is 7.41. The van der Waals surface area contributed by atoms with Crippen molar-refractivity contribution in [3.8, 4) is 0 Å². The SMILES string of the molecule is CC/C=C/PCCCC. The number of rotatable bonds is 5. The molecule has 54 valence electrons. The van der Waals surface area contributed by atoms with Crippen LogP contribution < -0.4 is 0 Å². The Bertz CT molecular complexity index is 67.0. The summed E-state index contributed by atoms with van der Waals surface area (Å²) in [6.07, 6.45) is 7.58. The van der Waals surface area contributed by atoms with Gasteiger partial charge in [-0.1, -0.05) is 40.7 Å². The molecule has 0 spiro atoms. The summed E-state index contributed by atoms with van der Waals surface area (Å²) in [4.78, 5) is 0. The summed E-state index contributed by atoms with van der Waals surface area (Å²) in [6.45, 7) is 4.43. The lowest BCUT2D eigenvalue weighted by Gasteiger charge is -1.90. The van der Waals surface area contributed by atoms with Crippen molar-refractivity contribution in [2.24, 2.45) is 0 Å². The summed E-state index contributed by atoms with van der Waals surface area (Å²) >= 11 is 0. The lowest BCUT2D eigenvalue weighted by Crippen LogP contribution is -1.69. The predicted octanol–water partition coefficient (Wildman–Crippen LogP) is 3.39. The van der Waals surface area contributed by atoms with E-state index < -0.39 is 0 Å². The summed E-state index contributed by atoms with van der Waals surface area (Å²) in [5.41, 5.74) is 0. The molecule has 0 nitrogen and oxygen atoms in total. The van der Waals surface area contributed by atoms with E-state index in [9.17, 15) is 0 Å². The molecule has 0 aromatic heterocycles. The topological polar surface area (TPSA) is 0 Å². The van der Waals surface area contributed by atoms with Crippen LogP contribution in [0, 0.1) is 0 Å². The van der Waals surface area contributed by atoms with Crippen molar-refractivity contribution in [1.29, 1.82) is 0 Å². The Labute approximate surface area is 60.5 Å². The van der Waals surface area contributed by atoms with E-state index in [2.05, 4.69) is 25.7 Å². The second-order valence-electron chi connectivity index (χ2n) is 2.12. The Kier molecular flexibility index (Phi) is 8.32. The van der Waals surface area contributed by atoms with Crippen LogP contribution in [0.4, 0.5) is 0 Å². The minimum absolute atomic E-state index is 1.07. The molecule has 0 N–H and O–H groups in total. The normalized spacial score (nSPS) is 12.2. The van der Waals surface area contributed by atoms with Gasteiger partial charge in [0.2, 0.25) is 0 Å². The van der Waals surface area contributed by atoms with Gasteiger partial charge < -0.3 is 0 Å². The van der Waals surface area contributed by atoms with Crippen molar-refractivity contribution >= 4 is 8.58 Å². The van der Waals surface area contributed by atoms with Crippen LogP contribution >= 0.6 is 8.58 Å². The fourth-order valence-electron chi connectivity index (χ4n) is 0.563. The Morgan fingerprint density at radius 3 is 2.67 bits per heavy atom. The van der Waals surface area contributed by atoms with Crippen molar-refractivity contribution < 1.29 is 0 Å². The molecule has 0 rings (SSSR count). The minimum Gasteiger partial charge on any atom is -0.0987 e. The summed E-state index contributed by atoms with van der Waals surface area (Å²) in [5, 5.41) is 0. The molecule has 9 heavy (non-hydrogen) atoms. The third-order valence-corrected chi connectivity index (χ3v) is 2.26. The smallest absolute Gasteiger partial charge is 0.0319 e. The first-order valence-electron chi connectivity index (χ1n) is 3.80. The number of allylic oxidation sites excluding steroid dienone is 1. The van der Waals surface area contributed by atoms with E-state index in [0.29, 0.717) is 0 Å². The first-order chi connectivity index (χ1) is 4.41. The van der Waals surface area contributed by atoms with E-state index in [1.807, 2.05) is 0 Å². The molecule has 0 fully saturated rings. The molecular weight excluding hydrogens is 127 g/mol. The maximum absolute atomic E-state index is 2.32. The zero-order valence-electron chi connectivity index (χ0n) is 6.48. The molecule has 0 aromatic rings. The molecule has 0 aliphatic rings. The van der Waals surface area contributed by atoms with Crippen LogP contribution in [-0.4, -0.2) is 6.16 Å². The fraction of sp³-hybridized carbons (Fsp3) is 0.750.